The lowest BCUT2D eigenvalue weighted by molar-refractivity contribution is -0.132. The lowest BCUT2D eigenvalue weighted by Gasteiger charge is -2.19. The van der Waals surface area contributed by atoms with E-state index in [1.54, 1.807) is 29.2 Å². The van der Waals surface area contributed by atoms with Gasteiger partial charge < -0.3 is 10.2 Å². The number of hydrogen-bond donors (Lipinski definition) is 1. The van der Waals surface area contributed by atoms with E-state index in [0.29, 0.717) is 18.7 Å². The van der Waals surface area contributed by atoms with Gasteiger partial charge in [0.1, 0.15) is 5.92 Å². The predicted octanol–water partition coefficient (Wildman–Crippen LogP) is 1.28. The molecule has 0 spiro atoms. The van der Waals surface area contributed by atoms with Crippen LogP contribution in [0.25, 0.3) is 0 Å². The maximum Gasteiger partial charge on any atom is 0.242 e. The third kappa shape index (κ3) is 4.09. The Morgan fingerprint density at radius 1 is 1.25 bits per heavy atom. The molecule has 1 N–H and O–H groups in total. The van der Waals surface area contributed by atoms with Crippen LogP contribution in [0.3, 0.4) is 0 Å². The molecule has 1 atom stereocenters. The van der Waals surface area contributed by atoms with E-state index in [9.17, 15) is 9.59 Å². The monoisotopic (exact) mass is 273 g/mol. The Labute approximate surface area is 119 Å². The lowest BCUT2D eigenvalue weighted by Crippen LogP contribution is -2.41. The van der Waals surface area contributed by atoms with Crippen molar-refractivity contribution in [2.75, 3.05) is 19.6 Å². The van der Waals surface area contributed by atoms with Crippen molar-refractivity contribution in [2.24, 2.45) is 0 Å². The number of benzene rings is 1. The quantitative estimate of drug-likeness (QED) is 0.848. The maximum atomic E-state index is 12.0. The van der Waals surface area contributed by atoms with Crippen LogP contribution >= 0.6 is 0 Å². The summed E-state index contributed by atoms with van der Waals surface area (Å²) in [6.07, 6.45) is 0. The van der Waals surface area contributed by atoms with Crippen LogP contribution < -0.4 is 5.32 Å². The number of nitrogens with one attached hydrogen (secondary N) is 1. The van der Waals surface area contributed by atoms with Gasteiger partial charge in [-0.25, -0.2) is 0 Å². The number of carbonyl (C=O) groups excluding carboxylic acids is 2. The van der Waals surface area contributed by atoms with Crippen molar-refractivity contribution >= 4 is 11.8 Å². The summed E-state index contributed by atoms with van der Waals surface area (Å²) in [4.78, 5) is 25.4. The Bertz CT molecular complexity index is 490. The van der Waals surface area contributed by atoms with E-state index in [-0.39, 0.29) is 12.5 Å². The van der Waals surface area contributed by atoms with E-state index in [0.717, 1.165) is 0 Å². The highest BCUT2D eigenvalue weighted by atomic mass is 16.2. The minimum Gasteiger partial charge on any atom is -0.346 e. The van der Waals surface area contributed by atoms with Crippen molar-refractivity contribution in [3.8, 4) is 6.07 Å². The molecule has 2 amide bonds. The largest absolute Gasteiger partial charge is 0.346 e. The van der Waals surface area contributed by atoms with Gasteiger partial charge in [-0.3, -0.25) is 9.59 Å². The molecule has 1 aromatic carbocycles. The number of amides is 2. The van der Waals surface area contributed by atoms with E-state index in [1.807, 2.05) is 26.0 Å². The van der Waals surface area contributed by atoms with Crippen LogP contribution in [-0.2, 0) is 9.59 Å². The van der Waals surface area contributed by atoms with Crippen LogP contribution in [0.2, 0.25) is 0 Å². The predicted molar refractivity (Wildman–Crippen MR) is 75.7 cm³/mol. The molecule has 0 radical (unpaired) electrons. The highest BCUT2D eigenvalue weighted by Gasteiger charge is 2.21. The first kappa shape index (κ1) is 15.7. The van der Waals surface area contributed by atoms with Gasteiger partial charge in [0, 0.05) is 13.1 Å². The summed E-state index contributed by atoms with van der Waals surface area (Å²) < 4.78 is 0. The van der Waals surface area contributed by atoms with Crippen LogP contribution in [-0.4, -0.2) is 36.3 Å². The van der Waals surface area contributed by atoms with Crippen molar-refractivity contribution < 1.29 is 9.59 Å². The van der Waals surface area contributed by atoms with E-state index >= 15 is 0 Å². The van der Waals surface area contributed by atoms with Gasteiger partial charge in [-0.05, 0) is 19.4 Å². The molecule has 106 valence electrons. The van der Waals surface area contributed by atoms with Crippen molar-refractivity contribution in [3.05, 3.63) is 35.9 Å². The molecular weight excluding hydrogens is 254 g/mol. The van der Waals surface area contributed by atoms with E-state index in [4.69, 9.17) is 5.26 Å². The molecular formula is C15H19N3O2. The Morgan fingerprint density at radius 3 is 2.35 bits per heavy atom. The smallest absolute Gasteiger partial charge is 0.242 e. The van der Waals surface area contributed by atoms with Crippen molar-refractivity contribution in [2.45, 2.75) is 19.8 Å². The van der Waals surface area contributed by atoms with Gasteiger partial charge in [0.25, 0.3) is 0 Å². The first-order valence-electron chi connectivity index (χ1n) is 6.64. The molecule has 5 nitrogen and oxygen atoms in total. The molecule has 0 heterocycles. The van der Waals surface area contributed by atoms with Crippen molar-refractivity contribution in [1.82, 2.24) is 10.2 Å². The van der Waals surface area contributed by atoms with Gasteiger partial charge >= 0.3 is 0 Å². The van der Waals surface area contributed by atoms with E-state index in [2.05, 4.69) is 5.32 Å². The van der Waals surface area contributed by atoms with Gasteiger partial charge in [-0.1, -0.05) is 30.3 Å². The summed E-state index contributed by atoms with van der Waals surface area (Å²) in [7, 11) is 0. The topological polar surface area (TPSA) is 73.2 Å². The first-order valence-corrected chi connectivity index (χ1v) is 6.64. The van der Waals surface area contributed by atoms with Crippen LogP contribution in [0.4, 0.5) is 0 Å². The lowest BCUT2D eigenvalue weighted by atomic mass is 10.00. The molecule has 0 saturated heterocycles. The summed E-state index contributed by atoms with van der Waals surface area (Å²) in [6, 6.07) is 10.8. The molecule has 0 aliphatic heterocycles. The number of rotatable bonds is 6. The number of likely N-dealkylation sites (N-methyl/N-ethyl adjacent to an activating group) is 1. The second kappa shape index (κ2) is 7.95. The molecule has 0 saturated carbocycles. The SMILES string of the molecule is CCN(CC)C(=O)CNC(=O)C(C#N)c1ccccc1. The molecule has 1 rings (SSSR count). The first-order chi connectivity index (χ1) is 9.63. The van der Waals surface area contributed by atoms with Gasteiger partial charge in [0.15, 0.2) is 0 Å². The zero-order valence-electron chi connectivity index (χ0n) is 11.8. The third-order valence-electron chi connectivity index (χ3n) is 3.05. The second-order valence-electron chi connectivity index (χ2n) is 4.26. The number of nitrogens with zero attached hydrogens (tertiary/aromatic N) is 2. The molecule has 0 fully saturated rings. The Balaban J connectivity index is 2.62. The molecule has 0 aliphatic carbocycles. The van der Waals surface area contributed by atoms with E-state index in [1.165, 1.54) is 0 Å². The Morgan fingerprint density at radius 2 is 1.85 bits per heavy atom. The van der Waals surface area contributed by atoms with Crippen molar-refractivity contribution in [3.63, 3.8) is 0 Å². The summed E-state index contributed by atoms with van der Waals surface area (Å²) in [6.45, 7) is 4.89. The molecule has 0 bridgehead atoms. The average Bonchev–Trinajstić information content (AvgIpc) is 2.48. The van der Waals surface area contributed by atoms with Crippen LogP contribution in [0, 0.1) is 11.3 Å². The van der Waals surface area contributed by atoms with Crippen LogP contribution in [0.15, 0.2) is 30.3 Å². The normalized spacial score (nSPS) is 11.2. The highest BCUT2D eigenvalue weighted by molar-refractivity contribution is 5.90. The minimum atomic E-state index is -0.888. The number of nitriles is 1. The number of hydrogen-bond acceptors (Lipinski definition) is 3. The third-order valence-corrected chi connectivity index (χ3v) is 3.05. The average molecular weight is 273 g/mol. The molecule has 0 aromatic heterocycles. The van der Waals surface area contributed by atoms with Gasteiger partial charge in [-0.15, -0.1) is 0 Å². The van der Waals surface area contributed by atoms with E-state index < -0.39 is 11.8 Å². The molecule has 0 aliphatic rings. The number of carbonyl (C=O) groups is 2. The van der Waals surface area contributed by atoms with Gasteiger partial charge in [0.2, 0.25) is 11.8 Å². The summed E-state index contributed by atoms with van der Waals surface area (Å²) in [5, 5.41) is 11.6. The fourth-order valence-corrected chi connectivity index (χ4v) is 1.88. The maximum absolute atomic E-state index is 12.0. The van der Waals surface area contributed by atoms with Crippen LogP contribution in [0.5, 0.6) is 0 Å². The second-order valence-corrected chi connectivity index (χ2v) is 4.26. The van der Waals surface area contributed by atoms with Crippen molar-refractivity contribution in [1.29, 1.82) is 5.26 Å². The zero-order valence-corrected chi connectivity index (χ0v) is 11.8. The zero-order chi connectivity index (χ0) is 15.0. The molecule has 20 heavy (non-hydrogen) atoms. The Kier molecular flexibility index (Phi) is 6.24. The minimum absolute atomic E-state index is 0.0779. The summed E-state index contributed by atoms with van der Waals surface area (Å²) in [5.41, 5.74) is 0.628. The summed E-state index contributed by atoms with van der Waals surface area (Å²) in [5.74, 6) is -1.48. The van der Waals surface area contributed by atoms with Gasteiger partial charge in [0.05, 0.1) is 12.6 Å². The molecule has 1 unspecified atom stereocenters. The summed E-state index contributed by atoms with van der Waals surface area (Å²) >= 11 is 0. The molecule has 1 aromatic rings. The Hall–Kier alpha value is -2.35. The van der Waals surface area contributed by atoms with Crippen LogP contribution in [0.1, 0.15) is 25.3 Å². The highest BCUT2D eigenvalue weighted by Crippen LogP contribution is 2.14. The fraction of sp³-hybridized carbons (Fsp3) is 0.400. The fourth-order valence-electron chi connectivity index (χ4n) is 1.88. The molecule has 5 heteroatoms. The van der Waals surface area contributed by atoms with Gasteiger partial charge in [-0.2, -0.15) is 5.26 Å². The standard InChI is InChI=1S/C15H19N3O2/c1-3-18(4-2)14(19)11-17-15(20)13(10-16)12-8-6-5-7-9-12/h5-9,13H,3-4,11H2,1-2H3,(H,17,20).